The van der Waals surface area contributed by atoms with Crippen molar-refractivity contribution in [2.75, 3.05) is 6.61 Å². The summed E-state index contributed by atoms with van der Waals surface area (Å²) >= 11 is 0. The number of ether oxygens (including phenoxy) is 4. The average Bonchev–Trinajstić information content (AvgIpc) is 3.17. The third-order valence-electron chi connectivity index (χ3n) is 10.2. The van der Waals surface area contributed by atoms with Gasteiger partial charge in [0, 0.05) is 25.7 Å². The summed E-state index contributed by atoms with van der Waals surface area (Å²) in [7, 11) is 0. The molecule has 7 nitrogen and oxygen atoms in total. The molecular formula is C28H40O7. The van der Waals surface area contributed by atoms with Gasteiger partial charge < -0.3 is 18.9 Å². The van der Waals surface area contributed by atoms with Crippen molar-refractivity contribution < 1.29 is 33.3 Å². The molecule has 0 aromatic carbocycles. The van der Waals surface area contributed by atoms with Crippen molar-refractivity contribution in [3.63, 3.8) is 0 Å². The molecule has 1 aliphatic heterocycles. The van der Waals surface area contributed by atoms with Crippen LogP contribution < -0.4 is 0 Å². The van der Waals surface area contributed by atoms with Crippen LogP contribution in [-0.2, 0) is 33.3 Å². The third-order valence-corrected chi connectivity index (χ3v) is 10.2. The van der Waals surface area contributed by atoms with E-state index in [0.29, 0.717) is 11.8 Å². The number of carbonyl (C=O) groups excluding carboxylic acids is 3. The molecule has 0 aromatic rings. The van der Waals surface area contributed by atoms with Gasteiger partial charge in [0.1, 0.15) is 6.10 Å². The van der Waals surface area contributed by atoms with E-state index < -0.39 is 17.4 Å². The van der Waals surface area contributed by atoms with E-state index in [-0.39, 0.29) is 47.3 Å². The molecule has 1 heterocycles. The predicted octanol–water partition coefficient (Wildman–Crippen LogP) is 4.51. The van der Waals surface area contributed by atoms with Gasteiger partial charge >= 0.3 is 11.9 Å². The molecule has 5 aliphatic rings. The first-order valence-electron chi connectivity index (χ1n) is 13.2. The molecule has 194 valence electrons. The first-order valence-corrected chi connectivity index (χ1v) is 13.2. The van der Waals surface area contributed by atoms with Crippen LogP contribution in [0.2, 0.25) is 0 Å². The fourth-order valence-corrected chi connectivity index (χ4v) is 8.84. The molecule has 4 unspecified atom stereocenters. The van der Waals surface area contributed by atoms with E-state index in [2.05, 4.69) is 19.9 Å². The van der Waals surface area contributed by atoms with E-state index >= 15 is 0 Å². The smallest absolute Gasteiger partial charge is 0.303 e. The summed E-state index contributed by atoms with van der Waals surface area (Å²) in [4.78, 5) is 36.8. The van der Waals surface area contributed by atoms with Gasteiger partial charge in [0.25, 0.3) is 0 Å². The largest absolute Gasteiger partial charge is 0.462 e. The number of ketones is 1. The zero-order valence-corrected chi connectivity index (χ0v) is 22.0. The minimum atomic E-state index is -1.10. The molecule has 0 aromatic heterocycles. The summed E-state index contributed by atoms with van der Waals surface area (Å²) in [6.45, 7) is 10.9. The number of hydrogen-bond acceptors (Lipinski definition) is 7. The lowest BCUT2D eigenvalue weighted by atomic mass is 9.46. The highest BCUT2D eigenvalue weighted by atomic mass is 16.8. The second-order valence-corrected chi connectivity index (χ2v) is 12.5. The zero-order valence-electron chi connectivity index (χ0n) is 22.0. The fourth-order valence-electron chi connectivity index (χ4n) is 8.84. The molecule has 1 saturated heterocycles. The van der Waals surface area contributed by atoms with E-state index in [0.717, 1.165) is 44.9 Å². The van der Waals surface area contributed by atoms with Gasteiger partial charge in [-0.1, -0.05) is 25.5 Å². The van der Waals surface area contributed by atoms with Gasteiger partial charge in [-0.2, -0.15) is 0 Å². The van der Waals surface area contributed by atoms with Gasteiger partial charge in [-0.15, -0.1) is 0 Å². The fraction of sp³-hybridized carbons (Fsp3) is 0.821. The molecule has 3 saturated carbocycles. The van der Waals surface area contributed by atoms with Crippen molar-refractivity contribution in [2.45, 2.75) is 110 Å². The average molecular weight is 489 g/mol. The van der Waals surface area contributed by atoms with Crippen LogP contribution in [0.5, 0.6) is 0 Å². The Morgan fingerprint density at radius 2 is 1.77 bits per heavy atom. The summed E-state index contributed by atoms with van der Waals surface area (Å²) in [6, 6.07) is 0. The van der Waals surface area contributed by atoms with Crippen molar-refractivity contribution in [3.05, 3.63) is 11.6 Å². The maximum Gasteiger partial charge on any atom is 0.303 e. The number of esters is 2. The number of hydrogen-bond donors (Lipinski definition) is 0. The molecule has 7 heteroatoms. The van der Waals surface area contributed by atoms with E-state index in [1.165, 1.54) is 19.4 Å². The van der Waals surface area contributed by atoms with E-state index in [4.69, 9.17) is 18.9 Å². The first-order chi connectivity index (χ1) is 16.3. The number of fused-ring (bicyclic) bond motifs is 7. The van der Waals surface area contributed by atoms with Crippen LogP contribution in [0, 0.1) is 28.6 Å². The second kappa shape index (κ2) is 8.14. The minimum Gasteiger partial charge on any atom is -0.462 e. The molecular weight excluding hydrogens is 448 g/mol. The Bertz CT molecular complexity index is 968. The topological polar surface area (TPSA) is 88.1 Å². The van der Waals surface area contributed by atoms with Crippen molar-refractivity contribution >= 4 is 17.7 Å². The molecule has 4 fully saturated rings. The molecule has 0 bridgehead atoms. The standard InChI is InChI=1S/C28H40O7/c1-16(29)32-15-23(31)28-24(34-25(3,4)35-28)14-22-20-8-7-18-13-19(33-17(2)30)9-11-26(18,5)21(20)10-12-27(22,28)6/h7,19-22,24H,8-15H2,1-6H3/t19?,20?,21?,22?,24-,26+,27+,28-/m1/s1. The highest BCUT2D eigenvalue weighted by Crippen LogP contribution is 2.70. The van der Waals surface area contributed by atoms with Crippen molar-refractivity contribution in [1.82, 2.24) is 0 Å². The Hall–Kier alpha value is -1.73. The van der Waals surface area contributed by atoms with Crippen LogP contribution in [0.25, 0.3) is 0 Å². The van der Waals surface area contributed by atoms with Crippen LogP contribution in [0.4, 0.5) is 0 Å². The van der Waals surface area contributed by atoms with Crippen molar-refractivity contribution in [1.29, 1.82) is 0 Å². The van der Waals surface area contributed by atoms with E-state index in [1.54, 1.807) is 0 Å². The van der Waals surface area contributed by atoms with Gasteiger partial charge in [-0.3, -0.25) is 14.4 Å². The highest BCUT2D eigenvalue weighted by Gasteiger charge is 2.75. The Morgan fingerprint density at radius 3 is 2.46 bits per heavy atom. The Kier molecular flexibility index (Phi) is 5.80. The van der Waals surface area contributed by atoms with Gasteiger partial charge in [0.2, 0.25) is 5.78 Å². The molecule has 0 N–H and O–H groups in total. The molecule has 0 radical (unpaired) electrons. The first kappa shape index (κ1) is 24.9. The highest BCUT2D eigenvalue weighted by molar-refractivity contribution is 5.92. The molecule has 0 spiro atoms. The SMILES string of the molecule is CC(=O)OCC(=O)[C@@]12OC(C)(C)O[C@@H]1CC1C3CC=C4CC(OC(C)=O)CC[C@]4(C)C3CC[C@@]12C. The molecule has 0 amide bonds. The lowest BCUT2D eigenvalue weighted by molar-refractivity contribution is -0.215. The summed E-state index contributed by atoms with van der Waals surface area (Å²) < 4.78 is 23.7. The quantitative estimate of drug-likeness (QED) is 0.425. The Balaban J connectivity index is 1.46. The zero-order chi connectivity index (χ0) is 25.4. The van der Waals surface area contributed by atoms with Gasteiger partial charge in [-0.05, 0) is 75.5 Å². The minimum absolute atomic E-state index is 0.0192. The monoisotopic (exact) mass is 488 g/mol. The van der Waals surface area contributed by atoms with Gasteiger partial charge in [0.05, 0.1) is 6.10 Å². The van der Waals surface area contributed by atoms with Crippen LogP contribution in [-0.4, -0.2) is 47.9 Å². The Labute approximate surface area is 208 Å². The van der Waals surface area contributed by atoms with Crippen molar-refractivity contribution in [3.8, 4) is 0 Å². The summed E-state index contributed by atoms with van der Waals surface area (Å²) in [6.07, 6.45) is 8.41. The summed E-state index contributed by atoms with van der Waals surface area (Å²) in [5.74, 6) is -0.461. The normalized spacial score (nSPS) is 45.3. The van der Waals surface area contributed by atoms with Crippen molar-refractivity contribution in [2.24, 2.45) is 28.6 Å². The van der Waals surface area contributed by atoms with Crippen LogP contribution in [0.1, 0.15) is 86.5 Å². The van der Waals surface area contributed by atoms with E-state index in [1.807, 2.05) is 13.8 Å². The lowest BCUT2D eigenvalue weighted by Crippen LogP contribution is -2.61. The number of Topliss-reactive ketones (excluding diaryl/α,β-unsaturated/α-hetero) is 1. The lowest BCUT2D eigenvalue weighted by Gasteiger charge is -2.59. The molecule has 5 rings (SSSR count). The van der Waals surface area contributed by atoms with Gasteiger partial charge in [0.15, 0.2) is 18.0 Å². The maximum atomic E-state index is 13.7. The summed E-state index contributed by atoms with van der Waals surface area (Å²) in [5, 5.41) is 0. The number of allylic oxidation sites excluding steroid dienone is 1. The van der Waals surface area contributed by atoms with Crippen LogP contribution in [0.15, 0.2) is 11.6 Å². The van der Waals surface area contributed by atoms with Crippen LogP contribution >= 0.6 is 0 Å². The molecule has 4 aliphatic carbocycles. The number of carbonyl (C=O) groups is 3. The predicted molar refractivity (Wildman–Crippen MR) is 127 cm³/mol. The van der Waals surface area contributed by atoms with E-state index in [9.17, 15) is 14.4 Å². The molecule has 8 atom stereocenters. The molecule has 35 heavy (non-hydrogen) atoms. The van der Waals surface area contributed by atoms with Gasteiger partial charge in [-0.25, -0.2) is 0 Å². The Morgan fingerprint density at radius 1 is 1.03 bits per heavy atom. The maximum absolute atomic E-state index is 13.7. The summed E-state index contributed by atoms with van der Waals surface area (Å²) in [5.41, 5.74) is 0.0429. The number of rotatable bonds is 4. The second-order valence-electron chi connectivity index (χ2n) is 12.5. The third kappa shape index (κ3) is 3.63. The van der Waals surface area contributed by atoms with Crippen LogP contribution in [0.3, 0.4) is 0 Å².